The summed E-state index contributed by atoms with van der Waals surface area (Å²) in [6, 6.07) is 9.95. The van der Waals surface area contributed by atoms with Gasteiger partial charge in [0.15, 0.2) is 0 Å². The summed E-state index contributed by atoms with van der Waals surface area (Å²) >= 11 is 6.25. The molecule has 0 radical (unpaired) electrons. The number of likely N-dealkylation sites (N-methyl/N-ethyl adjacent to an activating group) is 1. The Morgan fingerprint density at radius 3 is 2.44 bits per heavy atom. The summed E-state index contributed by atoms with van der Waals surface area (Å²) in [6.07, 6.45) is 0.678. The summed E-state index contributed by atoms with van der Waals surface area (Å²) in [6.45, 7) is 6.01. The van der Waals surface area contributed by atoms with Crippen molar-refractivity contribution in [3.8, 4) is 5.75 Å². The Bertz CT molecular complexity index is 1080. The van der Waals surface area contributed by atoms with Crippen molar-refractivity contribution in [3.05, 3.63) is 58.1 Å². The molecule has 0 saturated carbocycles. The normalized spacial score (nSPS) is 16.5. The van der Waals surface area contributed by atoms with Crippen molar-refractivity contribution < 1.29 is 17.9 Å². The highest BCUT2D eigenvalue weighted by Gasteiger charge is 2.30. The molecule has 174 valence electrons. The van der Waals surface area contributed by atoms with Crippen molar-refractivity contribution >= 4 is 27.5 Å². The van der Waals surface area contributed by atoms with Gasteiger partial charge < -0.3 is 15.0 Å². The van der Waals surface area contributed by atoms with Crippen LogP contribution in [0.1, 0.15) is 40.9 Å². The van der Waals surface area contributed by atoms with Crippen LogP contribution in [-0.2, 0) is 10.0 Å². The molecule has 1 aliphatic heterocycles. The van der Waals surface area contributed by atoms with E-state index in [2.05, 4.69) is 10.2 Å². The van der Waals surface area contributed by atoms with Gasteiger partial charge in [0.05, 0.1) is 18.2 Å². The fraction of sp³-hybridized carbons (Fsp3) is 0.435. The molecule has 1 aliphatic rings. The average Bonchev–Trinajstić information content (AvgIpc) is 2.77. The number of aryl methyl sites for hydroxylation is 1. The highest BCUT2D eigenvalue weighted by Crippen LogP contribution is 2.28. The molecule has 0 aromatic heterocycles. The lowest BCUT2D eigenvalue weighted by molar-refractivity contribution is 0.0935. The van der Waals surface area contributed by atoms with Crippen LogP contribution in [0.2, 0.25) is 5.02 Å². The highest BCUT2D eigenvalue weighted by atomic mass is 35.5. The van der Waals surface area contributed by atoms with Crippen LogP contribution >= 0.6 is 11.6 Å². The van der Waals surface area contributed by atoms with E-state index in [1.807, 2.05) is 39.1 Å². The number of piperazine rings is 1. The Labute approximate surface area is 195 Å². The number of hydrogen-bond donors (Lipinski definition) is 1. The molecule has 0 bridgehead atoms. The smallest absolute Gasteiger partial charge is 0.251 e. The first-order chi connectivity index (χ1) is 15.2. The molecule has 9 heteroatoms. The molecule has 32 heavy (non-hydrogen) atoms. The lowest BCUT2D eigenvalue weighted by atomic mass is 10.0. The molecule has 1 amide bonds. The molecule has 1 atom stereocenters. The minimum absolute atomic E-state index is 0.0373. The Balaban J connectivity index is 1.83. The van der Waals surface area contributed by atoms with Crippen LogP contribution in [0.5, 0.6) is 5.75 Å². The summed E-state index contributed by atoms with van der Waals surface area (Å²) in [5, 5.41) is 3.12. The fourth-order valence-electron chi connectivity index (χ4n) is 3.79. The largest absolute Gasteiger partial charge is 0.496 e. The molecule has 1 fully saturated rings. The monoisotopic (exact) mass is 479 g/mol. The SMILES string of the molecule is CC[C@H](NC(=O)c1ccc(Cl)c(S(=O)(=O)N2CCN(C)CC2)c1)c1ccc(OC)c(C)c1. The molecule has 0 unspecified atom stereocenters. The minimum atomic E-state index is -3.79. The van der Waals surface area contributed by atoms with Gasteiger partial charge in [0, 0.05) is 31.7 Å². The third kappa shape index (κ3) is 5.26. The standard InChI is InChI=1S/C23H30ClN3O4S/c1-5-20(17-7-9-21(31-4)16(2)14-17)25-23(28)18-6-8-19(24)22(15-18)32(29,30)27-12-10-26(3)11-13-27/h6-9,14-15,20H,5,10-13H2,1-4H3,(H,25,28)/t20-/m0/s1. The molecule has 1 N–H and O–H groups in total. The molecular formula is C23H30ClN3O4S. The molecule has 2 aromatic carbocycles. The number of nitrogens with zero attached hydrogens (tertiary/aromatic N) is 2. The fourth-order valence-corrected chi connectivity index (χ4v) is 5.71. The quantitative estimate of drug-likeness (QED) is 0.657. The van der Waals surface area contributed by atoms with Gasteiger partial charge in [-0.25, -0.2) is 8.42 Å². The summed E-state index contributed by atoms with van der Waals surface area (Å²) in [5.41, 5.74) is 2.19. The third-order valence-electron chi connectivity index (χ3n) is 5.81. The van der Waals surface area contributed by atoms with Gasteiger partial charge >= 0.3 is 0 Å². The van der Waals surface area contributed by atoms with Crippen LogP contribution < -0.4 is 10.1 Å². The molecule has 1 saturated heterocycles. The van der Waals surface area contributed by atoms with Crippen molar-refractivity contribution in [2.75, 3.05) is 40.3 Å². The summed E-state index contributed by atoms with van der Waals surface area (Å²) in [5.74, 6) is 0.434. The van der Waals surface area contributed by atoms with Gasteiger partial charge in [-0.3, -0.25) is 4.79 Å². The van der Waals surface area contributed by atoms with Crippen molar-refractivity contribution in [1.29, 1.82) is 0 Å². The van der Waals surface area contributed by atoms with Crippen LogP contribution in [0.4, 0.5) is 0 Å². The van der Waals surface area contributed by atoms with Crippen molar-refractivity contribution in [1.82, 2.24) is 14.5 Å². The minimum Gasteiger partial charge on any atom is -0.496 e. The number of ether oxygens (including phenoxy) is 1. The second-order valence-corrected chi connectivity index (χ2v) is 10.3. The van der Waals surface area contributed by atoms with Crippen molar-refractivity contribution in [2.24, 2.45) is 0 Å². The van der Waals surface area contributed by atoms with E-state index < -0.39 is 10.0 Å². The molecular weight excluding hydrogens is 450 g/mol. The Hall–Kier alpha value is -2.13. The van der Waals surface area contributed by atoms with Gasteiger partial charge in [0.1, 0.15) is 10.6 Å². The number of rotatable bonds is 7. The number of methoxy groups -OCH3 is 1. The Morgan fingerprint density at radius 1 is 1.16 bits per heavy atom. The second kappa shape index (κ2) is 10.2. The number of halogens is 1. The summed E-state index contributed by atoms with van der Waals surface area (Å²) in [4.78, 5) is 15.0. The maximum absolute atomic E-state index is 13.2. The van der Waals surface area contributed by atoms with Crippen molar-refractivity contribution in [2.45, 2.75) is 31.2 Å². The van der Waals surface area contributed by atoms with E-state index in [4.69, 9.17) is 16.3 Å². The van der Waals surface area contributed by atoms with Crippen molar-refractivity contribution in [3.63, 3.8) is 0 Å². The predicted molar refractivity (Wildman–Crippen MR) is 126 cm³/mol. The van der Waals surface area contributed by atoms with E-state index in [-0.39, 0.29) is 27.4 Å². The highest BCUT2D eigenvalue weighted by molar-refractivity contribution is 7.89. The van der Waals surface area contributed by atoms with Crippen LogP contribution in [0.15, 0.2) is 41.3 Å². The molecule has 7 nitrogen and oxygen atoms in total. The number of amides is 1. The first kappa shape index (κ1) is 24.5. The predicted octanol–water partition coefficient (Wildman–Crippen LogP) is 3.47. The van der Waals surface area contributed by atoms with E-state index in [0.717, 1.165) is 16.9 Å². The molecule has 2 aromatic rings. The Morgan fingerprint density at radius 2 is 1.84 bits per heavy atom. The first-order valence-electron chi connectivity index (χ1n) is 10.6. The maximum atomic E-state index is 13.2. The number of nitrogens with one attached hydrogen (secondary N) is 1. The van der Waals surface area contributed by atoms with Crippen LogP contribution in [-0.4, -0.2) is 63.9 Å². The molecule has 3 rings (SSSR count). The van der Waals surface area contributed by atoms with Gasteiger partial charge in [-0.2, -0.15) is 4.31 Å². The number of carbonyl (C=O) groups is 1. The summed E-state index contributed by atoms with van der Waals surface area (Å²) in [7, 11) is -0.216. The van der Waals surface area contributed by atoms with Gasteiger partial charge in [0.25, 0.3) is 5.91 Å². The van der Waals surface area contributed by atoms with E-state index >= 15 is 0 Å². The molecule has 0 aliphatic carbocycles. The van der Waals surface area contributed by atoms with E-state index in [1.165, 1.54) is 16.4 Å². The third-order valence-corrected chi connectivity index (χ3v) is 8.19. The van der Waals surface area contributed by atoms with Crippen LogP contribution in [0, 0.1) is 6.92 Å². The van der Waals surface area contributed by atoms with Gasteiger partial charge in [-0.05, 0) is 55.8 Å². The maximum Gasteiger partial charge on any atom is 0.251 e. The lowest BCUT2D eigenvalue weighted by Crippen LogP contribution is -2.47. The van der Waals surface area contributed by atoms with E-state index in [0.29, 0.717) is 32.6 Å². The number of hydrogen-bond acceptors (Lipinski definition) is 5. The lowest BCUT2D eigenvalue weighted by Gasteiger charge is -2.31. The van der Waals surface area contributed by atoms with E-state index in [9.17, 15) is 13.2 Å². The van der Waals surface area contributed by atoms with Gasteiger partial charge in [0.2, 0.25) is 10.0 Å². The Kier molecular flexibility index (Phi) is 7.82. The average molecular weight is 480 g/mol. The number of benzene rings is 2. The van der Waals surface area contributed by atoms with Crippen LogP contribution in [0.25, 0.3) is 0 Å². The number of sulfonamides is 1. The topological polar surface area (TPSA) is 79.0 Å². The molecule has 1 heterocycles. The van der Waals surface area contributed by atoms with E-state index in [1.54, 1.807) is 13.2 Å². The zero-order chi connectivity index (χ0) is 23.5. The van der Waals surface area contributed by atoms with Crippen LogP contribution in [0.3, 0.4) is 0 Å². The zero-order valence-electron chi connectivity index (χ0n) is 18.9. The van der Waals surface area contributed by atoms with Gasteiger partial charge in [-0.1, -0.05) is 30.7 Å². The molecule has 0 spiro atoms. The second-order valence-electron chi connectivity index (χ2n) is 8.02. The van der Waals surface area contributed by atoms with Gasteiger partial charge in [-0.15, -0.1) is 0 Å². The number of carbonyl (C=O) groups excluding carboxylic acids is 1. The first-order valence-corrected chi connectivity index (χ1v) is 12.4. The zero-order valence-corrected chi connectivity index (χ0v) is 20.5. The summed E-state index contributed by atoms with van der Waals surface area (Å²) < 4.78 is 33.1.